The lowest BCUT2D eigenvalue weighted by atomic mass is 9.95. The Balaban J connectivity index is 2.00. The lowest BCUT2D eigenvalue weighted by molar-refractivity contribution is -0.122. The van der Waals surface area contributed by atoms with Gasteiger partial charge in [0.25, 0.3) is 0 Å². The second kappa shape index (κ2) is 6.39. The normalized spacial score (nSPS) is 11.0. The van der Waals surface area contributed by atoms with Crippen molar-refractivity contribution >= 4 is 5.91 Å². The predicted octanol–water partition coefficient (Wildman–Crippen LogP) is 2.68. The molecule has 1 heterocycles. The molecule has 4 nitrogen and oxygen atoms in total. The summed E-state index contributed by atoms with van der Waals surface area (Å²) in [6.07, 6.45) is 3.80. The van der Waals surface area contributed by atoms with E-state index in [2.05, 4.69) is 10.3 Å². The van der Waals surface area contributed by atoms with Crippen LogP contribution in [0.5, 0.6) is 5.75 Å². The molecule has 0 fully saturated rings. The van der Waals surface area contributed by atoms with E-state index in [-0.39, 0.29) is 5.91 Å². The van der Waals surface area contributed by atoms with E-state index in [9.17, 15) is 4.79 Å². The summed E-state index contributed by atoms with van der Waals surface area (Å²) in [5, 5.41) is 3.05. The molecule has 0 bridgehead atoms. The van der Waals surface area contributed by atoms with Crippen LogP contribution in [0.4, 0.5) is 0 Å². The molecule has 0 aliphatic carbocycles. The van der Waals surface area contributed by atoms with Gasteiger partial charge in [-0.05, 0) is 49.2 Å². The number of ether oxygens (including phenoxy) is 1. The van der Waals surface area contributed by atoms with Gasteiger partial charge >= 0.3 is 0 Å². The Morgan fingerprint density at radius 3 is 2.33 bits per heavy atom. The first-order chi connectivity index (χ1) is 10.0. The second-order valence-corrected chi connectivity index (χ2v) is 5.43. The molecule has 0 aliphatic rings. The first kappa shape index (κ1) is 15.0. The minimum Gasteiger partial charge on any atom is -0.497 e. The van der Waals surface area contributed by atoms with Crippen LogP contribution >= 0.6 is 0 Å². The van der Waals surface area contributed by atoms with Gasteiger partial charge in [-0.3, -0.25) is 9.78 Å². The fourth-order valence-electron chi connectivity index (χ4n) is 2.16. The van der Waals surface area contributed by atoms with E-state index in [1.165, 1.54) is 0 Å². The van der Waals surface area contributed by atoms with Crippen LogP contribution in [0.1, 0.15) is 25.0 Å². The van der Waals surface area contributed by atoms with Gasteiger partial charge in [-0.2, -0.15) is 0 Å². The molecule has 1 amide bonds. The molecule has 0 aliphatic heterocycles. The Morgan fingerprint density at radius 1 is 1.14 bits per heavy atom. The topological polar surface area (TPSA) is 51.2 Å². The fraction of sp³-hybridized carbons (Fsp3) is 0.294. The molecule has 1 N–H and O–H groups in total. The number of hydrogen-bond acceptors (Lipinski definition) is 3. The summed E-state index contributed by atoms with van der Waals surface area (Å²) < 4.78 is 5.11. The average molecular weight is 284 g/mol. The molecule has 2 rings (SSSR count). The molecule has 0 saturated carbocycles. The van der Waals surface area contributed by atoms with E-state index in [1.807, 2.05) is 50.2 Å². The minimum atomic E-state index is -0.424. The van der Waals surface area contributed by atoms with Crippen LogP contribution in [0.2, 0.25) is 0 Å². The van der Waals surface area contributed by atoms with Crippen molar-refractivity contribution in [2.45, 2.75) is 25.8 Å². The van der Waals surface area contributed by atoms with Gasteiger partial charge in [-0.15, -0.1) is 0 Å². The highest BCUT2D eigenvalue weighted by molar-refractivity contribution is 5.79. The number of amides is 1. The minimum absolute atomic E-state index is 0.0121. The van der Waals surface area contributed by atoms with Crippen LogP contribution in [0.15, 0.2) is 48.8 Å². The molecule has 0 spiro atoms. The first-order valence-corrected chi connectivity index (χ1v) is 6.86. The molecular formula is C17H20N2O2. The summed E-state index contributed by atoms with van der Waals surface area (Å²) in [4.78, 5) is 16.2. The van der Waals surface area contributed by atoms with E-state index in [0.29, 0.717) is 6.42 Å². The van der Waals surface area contributed by atoms with Crippen molar-refractivity contribution in [3.8, 4) is 5.75 Å². The quantitative estimate of drug-likeness (QED) is 0.918. The van der Waals surface area contributed by atoms with Gasteiger partial charge in [0.2, 0.25) is 5.91 Å². The van der Waals surface area contributed by atoms with Crippen LogP contribution in [0.25, 0.3) is 0 Å². The Labute approximate surface area is 125 Å². The van der Waals surface area contributed by atoms with Crippen molar-refractivity contribution in [2.24, 2.45) is 0 Å². The molecule has 0 radical (unpaired) electrons. The smallest absolute Gasteiger partial charge is 0.225 e. The zero-order valence-corrected chi connectivity index (χ0v) is 12.6. The number of pyridine rings is 1. The Bertz CT molecular complexity index is 592. The summed E-state index contributed by atoms with van der Waals surface area (Å²) in [6, 6.07) is 11.3. The number of nitrogens with one attached hydrogen (secondary N) is 1. The summed E-state index contributed by atoms with van der Waals surface area (Å²) in [5.41, 5.74) is 1.56. The molecule has 0 saturated heterocycles. The van der Waals surface area contributed by atoms with Crippen molar-refractivity contribution in [1.29, 1.82) is 0 Å². The zero-order valence-electron chi connectivity index (χ0n) is 12.6. The lowest BCUT2D eigenvalue weighted by Crippen LogP contribution is -2.41. The van der Waals surface area contributed by atoms with Gasteiger partial charge in [-0.25, -0.2) is 0 Å². The Kier molecular flexibility index (Phi) is 4.58. The molecule has 1 aromatic heterocycles. The van der Waals surface area contributed by atoms with Crippen molar-refractivity contribution in [3.05, 3.63) is 59.9 Å². The van der Waals surface area contributed by atoms with Crippen LogP contribution in [-0.2, 0) is 16.8 Å². The number of hydrogen-bond donors (Lipinski definition) is 1. The number of benzene rings is 1. The number of aromatic nitrogens is 1. The van der Waals surface area contributed by atoms with Crippen molar-refractivity contribution in [3.63, 3.8) is 0 Å². The van der Waals surface area contributed by atoms with E-state index in [4.69, 9.17) is 4.74 Å². The third-order valence-corrected chi connectivity index (χ3v) is 3.38. The van der Waals surface area contributed by atoms with E-state index < -0.39 is 5.54 Å². The largest absolute Gasteiger partial charge is 0.497 e. The maximum absolute atomic E-state index is 12.2. The average Bonchev–Trinajstić information content (AvgIpc) is 2.48. The summed E-state index contributed by atoms with van der Waals surface area (Å²) >= 11 is 0. The molecule has 21 heavy (non-hydrogen) atoms. The van der Waals surface area contributed by atoms with Crippen LogP contribution < -0.4 is 10.1 Å². The van der Waals surface area contributed by atoms with Gasteiger partial charge in [0.05, 0.1) is 19.1 Å². The number of nitrogens with zero attached hydrogens (tertiary/aromatic N) is 1. The predicted molar refractivity (Wildman–Crippen MR) is 82.1 cm³/mol. The van der Waals surface area contributed by atoms with Crippen LogP contribution in [0, 0.1) is 0 Å². The van der Waals surface area contributed by atoms with E-state index in [0.717, 1.165) is 16.9 Å². The third-order valence-electron chi connectivity index (χ3n) is 3.38. The monoisotopic (exact) mass is 284 g/mol. The zero-order chi connectivity index (χ0) is 15.3. The highest BCUT2D eigenvalue weighted by atomic mass is 16.5. The second-order valence-electron chi connectivity index (χ2n) is 5.43. The summed E-state index contributed by atoms with van der Waals surface area (Å²) in [6.45, 7) is 3.96. The van der Waals surface area contributed by atoms with Crippen LogP contribution in [-0.4, -0.2) is 18.0 Å². The third kappa shape index (κ3) is 4.05. The van der Waals surface area contributed by atoms with Crippen molar-refractivity contribution in [1.82, 2.24) is 10.3 Å². The highest BCUT2D eigenvalue weighted by Crippen LogP contribution is 2.19. The SMILES string of the molecule is COc1ccc(CC(=O)NC(C)(C)c2ccncc2)cc1. The van der Waals surface area contributed by atoms with E-state index in [1.54, 1.807) is 19.5 Å². The molecule has 2 aromatic rings. The first-order valence-electron chi connectivity index (χ1n) is 6.86. The standard InChI is InChI=1S/C17H20N2O2/c1-17(2,14-8-10-18-11-9-14)19-16(20)12-13-4-6-15(21-3)7-5-13/h4-11H,12H2,1-3H3,(H,19,20). The molecule has 4 heteroatoms. The Morgan fingerprint density at radius 2 is 1.76 bits per heavy atom. The van der Waals surface area contributed by atoms with Gasteiger partial charge in [0, 0.05) is 12.4 Å². The van der Waals surface area contributed by atoms with Gasteiger partial charge < -0.3 is 10.1 Å². The van der Waals surface area contributed by atoms with Gasteiger partial charge in [0.1, 0.15) is 5.75 Å². The maximum atomic E-state index is 12.2. The number of methoxy groups -OCH3 is 1. The van der Waals surface area contributed by atoms with Crippen molar-refractivity contribution < 1.29 is 9.53 Å². The lowest BCUT2D eigenvalue weighted by Gasteiger charge is -2.26. The number of carbonyl (C=O) groups excluding carboxylic acids is 1. The van der Waals surface area contributed by atoms with E-state index >= 15 is 0 Å². The van der Waals surface area contributed by atoms with Crippen molar-refractivity contribution in [2.75, 3.05) is 7.11 Å². The fourth-order valence-corrected chi connectivity index (χ4v) is 2.16. The molecular weight excluding hydrogens is 264 g/mol. The highest BCUT2D eigenvalue weighted by Gasteiger charge is 2.22. The number of rotatable bonds is 5. The molecule has 110 valence electrons. The number of carbonyl (C=O) groups is 1. The van der Waals surface area contributed by atoms with Gasteiger partial charge in [-0.1, -0.05) is 12.1 Å². The summed E-state index contributed by atoms with van der Waals surface area (Å²) in [5.74, 6) is 0.776. The Hall–Kier alpha value is -2.36. The van der Waals surface area contributed by atoms with Crippen LogP contribution in [0.3, 0.4) is 0 Å². The maximum Gasteiger partial charge on any atom is 0.225 e. The van der Waals surface area contributed by atoms with Gasteiger partial charge in [0.15, 0.2) is 0 Å². The summed E-state index contributed by atoms with van der Waals surface area (Å²) in [7, 11) is 1.62. The molecule has 0 unspecified atom stereocenters. The molecule has 1 aromatic carbocycles. The molecule has 0 atom stereocenters.